The molecule has 0 saturated heterocycles. The summed E-state index contributed by atoms with van der Waals surface area (Å²) >= 11 is 0. The normalized spacial score (nSPS) is 10.7. The summed E-state index contributed by atoms with van der Waals surface area (Å²) in [6.07, 6.45) is 3.37. The number of hydrogen-bond acceptors (Lipinski definition) is 3. The summed E-state index contributed by atoms with van der Waals surface area (Å²) in [5.74, 6) is -0.0154. The van der Waals surface area contributed by atoms with Crippen LogP contribution in [0.15, 0.2) is 18.5 Å². The summed E-state index contributed by atoms with van der Waals surface area (Å²) in [5, 5.41) is 8.30. The standard InChI is InChI=1S/C13H19N5O/c1-5-18-10(2)12(8-15-18)13(19)16(3)9-11-6-7-14-17(11)4/h6-8H,5,9H2,1-4H3. The lowest BCUT2D eigenvalue weighted by Gasteiger charge is -2.17. The second-order valence-corrected chi connectivity index (χ2v) is 4.57. The SMILES string of the molecule is CCn1ncc(C(=O)N(C)Cc2ccnn2C)c1C. The molecule has 0 aliphatic rings. The lowest BCUT2D eigenvalue weighted by atomic mass is 10.2. The molecule has 19 heavy (non-hydrogen) atoms. The van der Waals surface area contributed by atoms with Gasteiger partial charge in [-0.05, 0) is 19.9 Å². The second kappa shape index (κ2) is 5.26. The van der Waals surface area contributed by atoms with E-state index in [1.54, 1.807) is 29.0 Å². The van der Waals surface area contributed by atoms with Gasteiger partial charge >= 0.3 is 0 Å². The fraction of sp³-hybridized carbons (Fsp3) is 0.462. The van der Waals surface area contributed by atoms with Gasteiger partial charge in [0.25, 0.3) is 5.91 Å². The van der Waals surface area contributed by atoms with Crippen LogP contribution in [0.4, 0.5) is 0 Å². The Hall–Kier alpha value is -2.11. The highest BCUT2D eigenvalue weighted by molar-refractivity contribution is 5.94. The summed E-state index contributed by atoms with van der Waals surface area (Å²) in [6.45, 7) is 5.23. The van der Waals surface area contributed by atoms with Gasteiger partial charge in [0, 0.05) is 32.5 Å². The van der Waals surface area contributed by atoms with Crippen LogP contribution in [0.2, 0.25) is 0 Å². The van der Waals surface area contributed by atoms with Crippen LogP contribution in [0.3, 0.4) is 0 Å². The molecule has 0 saturated carbocycles. The molecule has 0 spiro atoms. The third-order valence-corrected chi connectivity index (χ3v) is 3.30. The molecule has 0 aliphatic heterocycles. The van der Waals surface area contributed by atoms with Crippen LogP contribution < -0.4 is 0 Å². The molecule has 0 bridgehead atoms. The lowest BCUT2D eigenvalue weighted by Crippen LogP contribution is -2.27. The van der Waals surface area contributed by atoms with Crippen LogP contribution in [-0.2, 0) is 20.1 Å². The molecule has 0 aliphatic carbocycles. The van der Waals surface area contributed by atoms with E-state index < -0.39 is 0 Å². The molecule has 1 amide bonds. The fourth-order valence-electron chi connectivity index (χ4n) is 2.05. The van der Waals surface area contributed by atoms with Crippen molar-refractivity contribution in [3.8, 4) is 0 Å². The van der Waals surface area contributed by atoms with Gasteiger partial charge in [0.15, 0.2) is 0 Å². The maximum absolute atomic E-state index is 12.4. The van der Waals surface area contributed by atoms with Crippen molar-refractivity contribution >= 4 is 5.91 Å². The molecule has 2 heterocycles. The van der Waals surface area contributed by atoms with Crippen LogP contribution in [0.1, 0.15) is 28.7 Å². The average molecular weight is 261 g/mol. The number of amides is 1. The Morgan fingerprint density at radius 2 is 2.16 bits per heavy atom. The van der Waals surface area contributed by atoms with Gasteiger partial charge in [-0.15, -0.1) is 0 Å². The molecular weight excluding hydrogens is 242 g/mol. The van der Waals surface area contributed by atoms with Gasteiger partial charge in [0.1, 0.15) is 0 Å². The molecular formula is C13H19N5O. The first-order chi connectivity index (χ1) is 9.04. The number of rotatable bonds is 4. The molecule has 0 N–H and O–H groups in total. The largest absolute Gasteiger partial charge is 0.336 e. The monoisotopic (exact) mass is 261 g/mol. The molecule has 2 aromatic heterocycles. The number of carbonyl (C=O) groups excluding carboxylic acids is 1. The van der Waals surface area contributed by atoms with E-state index in [1.807, 2.05) is 31.6 Å². The van der Waals surface area contributed by atoms with Gasteiger partial charge < -0.3 is 4.90 Å². The van der Waals surface area contributed by atoms with Crippen molar-refractivity contribution in [2.45, 2.75) is 26.9 Å². The average Bonchev–Trinajstić information content (AvgIpc) is 2.95. The number of carbonyl (C=O) groups is 1. The van der Waals surface area contributed by atoms with Crippen LogP contribution >= 0.6 is 0 Å². The minimum absolute atomic E-state index is 0.0154. The van der Waals surface area contributed by atoms with Gasteiger partial charge in [0.05, 0.1) is 24.0 Å². The molecule has 2 rings (SSSR count). The van der Waals surface area contributed by atoms with Crippen LogP contribution in [0, 0.1) is 6.92 Å². The molecule has 102 valence electrons. The summed E-state index contributed by atoms with van der Waals surface area (Å²) in [6, 6.07) is 1.91. The topological polar surface area (TPSA) is 56.0 Å². The number of aryl methyl sites for hydroxylation is 2. The number of hydrogen-bond donors (Lipinski definition) is 0. The Morgan fingerprint density at radius 3 is 2.68 bits per heavy atom. The third-order valence-electron chi connectivity index (χ3n) is 3.30. The first-order valence-electron chi connectivity index (χ1n) is 6.29. The molecule has 6 heteroatoms. The minimum atomic E-state index is -0.0154. The van der Waals surface area contributed by atoms with E-state index in [2.05, 4.69) is 10.2 Å². The Bertz CT molecular complexity index is 584. The predicted octanol–water partition coefficient (Wildman–Crippen LogP) is 1.22. The highest BCUT2D eigenvalue weighted by Crippen LogP contribution is 2.11. The second-order valence-electron chi connectivity index (χ2n) is 4.57. The van der Waals surface area contributed by atoms with E-state index in [1.165, 1.54) is 0 Å². The number of nitrogens with zero attached hydrogens (tertiary/aromatic N) is 5. The minimum Gasteiger partial charge on any atom is -0.336 e. The Morgan fingerprint density at radius 1 is 1.42 bits per heavy atom. The fourth-order valence-corrected chi connectivity index (χ4v) is 2.05. The van der Waals surface area contributed by atoms with Crippen LogP contribution in [0.5, 0.6) is 0 Å². The molecule has 0 atom stereocenters. The van der Waals surface area contributed by atoms with Gasteiger partial charge in [-0.25, -0.2) is 0 Å². The zero-order valence-corrected chi connectivity index (χ0v) is 11.8. The van der Waals surface area contributed by atoms with Crippen molar-refractivity contribution in [1.82, 2.24) is 24.5 Å². The predicted molar refractivity (Wildman–Crippen MR) is 71.6 cm³/mol. The van der Waals surface area contributed by atoms with Crippen molar-refractivity contribution in [1.29, 1.82) is 0 Å². The quantitative estimate of drug-likeness (QED) is 0.831. The van der Waals surface area contributed by atoms with E-state index in [0.29, 0.717) is 12.1 Å². The van der Waals surface area contributed by atoms with E-state index in [9.17, 15) is 4.79 Å². The van der Waals surface area contributed by atoms with E-state index >= 15 is 0 Å². The first-order valence-corrected chi connectivity index (χ1v) is 6.29. The van der Waals surface area contributed by atoms with Crippen molar-refractivity contribution < 1.29 is 4.79 Å². The summed E-state index contributed by atoms with van der Waals surface area (Å²) < 4.78 is 3.59. The molecule has 0 aromatic carbocycles. The zero-order chi connectivity index (χ0) is 14.0. The molecule has 0 radical (unpaired) electrons. The van der Waals surface area contributed by atoms with Crippen LogP contribution in [-0.4, -0.2) is 37.4 Å². The van der Waals surface area contributed by atoms with Crippen molar-refractivity contribution in [2.24, 2.45) is 7.05 Å². The maximum Gasteiger partial charge on any atom is 0.257 e. The van der Waals surface area contributed by atoms with Crippen molar-refractivity contribution in [3.63, 3.8) is 0 Å². The van der Waals surface area contributed by atoms with E-state index in [0.717, 1.165) is 17.9 Å². The molecule has 0 fully saturated rings. The summed E-state index contributed by atoms with van der Waals surface area (Å²) in [4.78, 5) is 14.1. The van der Waals surface area contributed by atoms with E-state index in [4.69, 9.17) is 0 Å². The Labute approximate surface area is 112 Å². The lowest BCUT2D eigenvalue weighted by molar-refractivity contribution is 0.0781. The smallest absolute Gasteiger partial charge is 0.257 e. The van der Waals surface area contributed by atoms with Crippen LogP contribution in [0.25, 0.3) is 0 Å². The van der Waals surface area contributed by atoms with Gasteiger partial charge in [-0.2, -0.15) is 10.2 Å². The maximum atomic E-state index is 12.4. The van der Waals surface area contributed by atoms with Gasteiger partial charge in [-0.3, -0.25) is 14.2 Å². The molecule has 6 nitrogen and oxygen atoms in total. The van der Waals surface area contributed by atoms with E-state index in [-0.39, 0.29) is 5.91 Å². The number of aromatic nitrogens is 4. The first kappa shape index (κ1) is 13.3. The van der Waals surface area contributed by atoms with Gasteiger partial charge in [0.2, 0.25) is 0 Å². The summed E-state index contributed by atoms with van der Waals surface area (Å²) in [7, 11) is 3.66. The Balaban J connectivity index is 2.15. The van der Waals surface area contributed by atoms with Crippen molar-refractivity contribution in [3.05, 3.63) is 35.4 Å². The zero-order valence-electron chi connectivity index (χ0n) is 11.8. The van der Waals surface area contributed by atoms with Crippen molar-refractivity contribution in [2.75, 3.05) is 7.05 Å². The summed E-state index contributed by atoms with van der Waals surface area (Å²) in [5.41, 5.74) is 2.56. The highest BCUT2D eigenvalue weighted by atomic mass is 16.2. The van der Waals surface area contributed by atoms with Gasteiger partial charge in [-0.1, -0.05) is 0 Å². The Kier molecular flexibility index (Phi) is 3.69. The molecule has 0 unspecified atom stereocenters. The highest BCUT2D eigenvalue weighted by Gasteiger charge is 2.18. The third kappa shape index (κ3) is 2.52. The molecule has 2 aromatic rings.